The number of nitrogen functional groups attached to an aromatic ring is 1. The van der Waals surface area contributed by atoms with E-state index in [1.165, 1.54) is 0 Å². The van der Waals surface area contributed by atoms with Crippen molar-refractivity contribution in [1.82, 2.24) is 34.7 Å². The standard InChI is InChI=1S/C20H22N10O/c1-11(2)25-16-5-18(23-8-15(16)17-10-29(28-27-17)9-12(3)31)30-20-14(7-24-30)4-13(6-21)19(22)26-20/h4-5,7-8,10-12,31H,9H2,1-3H3,(H2,22,26)(H,23,25)/t12-/m0/s1. The van der Waals surface area contributed by atoms with Crippen LogP contribution in [0.2, 0.25) is 0 Å². The Morgan fingerprint density at radius 2 is 2.06 bits per heavy atom. The Morgan fingerprint density at radius 1 is 1.26 bits per heavy atom. The predicted octanol–water partition coefficient (Wildman–Crippen LogP) is 1.73. The van der Waals surface area contributed by atoms with Crippen molar-refractivity contribution in [3.05, 3.63) is 36.3 Å². The van der Waals surface area contributed by atoms with Crippen molar-refractivity contribution >= 4 is 22.5 Å². The highest BCUT2D eigenvalue weighted by Crippen LogP contribution is 2.29. The molecule has 4 heterocycles. The number of aromatic nitrogens is 7. The van der Waals surface area contributed by atoms with Crippen LogP contribution in [-0.2, 0) is 6.54 Å². The van der Waals surface area contributed by atoms with Gasteiger partial charge in [-0.05, 0) is 26.8 Å². The summed E-state index contributed by atoms with van der Waals surface area (Å²) in [6.07, 6.45) is 4.55. The van der Waals surface area contributed by atoms with E-state index in [0.29, 0.717) is 34.7 Å². The Kier molecular flexibility index (Phi) is 5.22. The Balaban J connectivity index is 1.79. The molecule has 1 atom stereocenters. The molecular formula is C20H22N10O. The van der Waals surface area contributed by atoms with Crippen LogP contribution in [-0.4, -0.2) is 52.0 Å². The maximum atomic E-state index is 9.58. The fourth-order valence-electron chi connectivity index (χ4n) is 3.21. The monoisotopic (exact) mass is 418 g/mol. The number of nitrogens with one attached hydrogen (secondary N) is 1. The SMILES string of the molecule is CC(C)Nc1cc(-n2ncc3cc(C#N)c(N)nc32)ncc1-c1cn(C[C@H](C)O)nn1. The molecule has 11 heteroatoms. The number of aliphatic hydroxyl groups excluding tert-OH is 1. The Morgan fingerprint density at radius 3 is 2.77 bits per heavy atom. The number of hydrogen-bond acceptors (Lipinski definition) is 9. The lowest BCUT2D eigenvalue weighted by Gasteiger charge is -2.15. The van der Waals surface area contributed by atoms with Gasteiger partial charge < -0.3 is 16.2 Å². The number of hydrogen-bond donors (Lipinski definition) is 3. The van der Waals surface area contributed by atoms with Crippen molar-refractivity contribution in [2.75, 3.05) is 11.1 Å². The van der Waals surface area contributed by atoms with Crippen molar-refractivity contribution in [1.29, 1.82) is 5.26 Å². The zero-order valence-corrected chi connectivity index (χ0v) is 17.4. The highest BCUT2D eigenvalue weighted by molar-refractivity contribution is 5.81. The molecule has 31 heavy (non-hydrogen) atoms. The molecule has 0 aromatic carbocycles. The van der Waals surface area contributed by atoms with Gasteiger partial charge in [-0.25, -0.2) is 14.6 Å². The highest BCUT2D eigenvalue weighted by atomic mass is 16.3. The van der Waals surface area contributed by atoms with Crippen LogP contribution in [0, 0.1) is 11.3 Å². The third-order valence-corrected chi connectivity index (χ3v) is 4.51. The van der Waals surface area contributed by atoms with Gasteiger partial charge in [0.15, 0.2) is 11.5 Å². The molecule has 0 aliphatic rings. The maximum Gasteiger partial charge on any atom is 0.167 e. The second-order valence-electron chi connectivity index (χ2n) is 7.56. The van der Waals surface area contributed by atoms with E-state index in [1.54, 1.807) is 40.9 Å². The molecule has 0 saturated heterocycles. The molecule has 0 bridgehead atoms. The van der Waals surface area contributed by atoms with E-state index in [9.17, 15) is 5.11 Å². The molecule has 4 rings (SSSR count). The van der Waals surface area contributed by atoms with E-state index in [-0.39, 0.29) is 11.9 Å². The largest absolute Gasteiger partial charge is 0.391 e. The zero-order valence-electron chi connectivity index (χ0n) is 17.4. The second kappa shape index (κ2) is 8.00. The second-order valence-corrected chi connectivity index (χ2v) is 7.56. The molecule has 11 nitrogen and oxygen atoms in total. The van der Waals surface area contributed by atoms with Crippen LogP contribution in [0.15, 0.2) is 30.7 Å². The lowest BCUT2D eigenvalue weighted by atomic mass is 10.1. The Hall–Kier alpha value is -4.04. The van der Waals surface area contributed by atoms with E-state index in [4.69, 9.17) is 11.0 Å². The summed E-state index contributed by atoms with van der Waals surface area (Å²) in [5.41, 5.74) is 8.91. The quantitative estimate of drug-likeness (QED) is 0.424. The van der Waals surface area contributed by atoms with Gasteiger partial charge in [0.25, 0.3) is 0 Å². The van der Waals surface area contributed by atoms with Gasteiger partial charge in [0.05, 0.1) is 30.6 Å². The van der Waals surface area contributed by atoms with Crippen LogP contribution in [0.4, 0.5) is 11.5 Å². The molecule has 0 amide bonds. The van der Waals surface area contributed by atoms with Gasteiger partial charge in [-0.3, -0.25) is 0 Å². The number of nitrogens with zero attached hydrogens (tertiary/aromatic N) is 8. The van der Waals surface area contributed by atoms with Crippen molar-refractivity contribution in [3.8, 4) is 23.1 Å². The molecule has 4 aromatic heterocycles. The Labute approximate surface area is 178 Å². The first-order valence-corrected chi connectivity index (χ1v) is 9.75. The van der Waals surface area contributed by atoms with Gasteiger partial charge in [-0.1, -0.05) is 5.21 Å². The molecular weight excluding hydrogens is 396 g/mol. The molecule has 0 spiro atoms. The predicted molar refractivity (Wildman–Crippen MR) is 115 cm³/mol. The smallest absolute Gasteiger partial charge is 0.167 e. The number of rotatable bonds is 6. The number of fused-ring (bicyclic) bond motifs is 1. The van der Waals surface area contributed by atoms with Gasteiger partial charge in [0, 0.05) is 34.9 Å². The van der Waals surface area contributed by atoms with Crippen LogP contribution in [0.1, 0.15) is 26.3 Å². The van der Waals surface area contributed by atoms with E-state index in [2.05, 4.69) is 30.7 Å². The third kappa shape index (κ3) is 4.01. The summed E-state index contributed by atoms with van der Waals surface area (Å²) in [6, 6.07) is 5.69. The van der Waals surface area contributed by atoms with E-state index in [0.717, 1.165) is 11.3 Å². The average molecular weight is 418 g/mol. The molecule has 158 valence electrons. The summed E-state index contributed by atoms with van der Waals surface area (Å²) in [7, 11) is 0. The third-order valence-electron chi connectivity index (χ3n) is 4.51. The Bertz CT molecular complexity index is 1280. The summed E-state index contributed by atoms with van der Waals surface area (Å²) in [5, 5.41) is 35.5. The molecule has 0 fully saturated rings. The van der Waals surface area contributed by atoms with Gasteiger partial charge in [-0.15, -0.1) is 5.10 Å². The highest BCUT2D eigenvalue weighted by Gasteiger charge is 2.16. The van der Waals surface area contributed by atoms with E-state index >= 15 is 0 Å². The lowest BCUT2D eigenvalue weighted by Crippen LogP contribution is -2.12. The van der Waals surface area contributed by atoms with Crippen molar-refractivity contribution in [2.24, 2.45) is 0 Å². The van der Waals surface area contributed by atoms with Crippen molar-refractivity contribution in [2.45, 2.75) is 39.5 Å². The molecule has 0 saturated carbocycles. The van der Waals surface area contributed by atoms with Gasteiger partial charge in [-0.2, -0.15) is 15.0 Å². The summed E-state index contributed by atoms with van der Waals surface area (Å²) < 4.78 is 3.17. The number of nitrogens with two attached hydrogens (primary N) is 1. The molecule has 0 unspecified atom stereocenters. The number of nitriles is 1. The van der Waals surface area contributed by atoms with Crippen molar-refractivity contribution in [3.63, 3.8) is 0 Å². The minimum Gasteiger partial charge on any atom is -0.391 e. The van der Waals surface area contributed by atoms with Crippen LogP contribution in [0.5, 0.6) is 0 Å². The molecule has 4 N–H and O–H groups in total. The van der Waals surface area contributed by atoms with Crippen molar-refractivity contribution < 1.29 is 5.11 Å². The summed E-state index contributed by atoms with van der Waals surface area (Å²) in [4.78, 5) is 8.88. The lowest BCUT2D eigenvalue weighted by molar-refractivity contribution is 0.167. The van der Waals surface area contributed by atoms with E-state index in [1.807, 2.05) is 26.0 Å². The minimum absolute atomic E-state index is 0.142. The first-order valence-electron chi connectivity index (χ1n) is 9.75. The molecule has 0 aliphatic carbocycles. The average Bonchev–Trinajstić information content (AvgIpc) is 3.33. The van der Waals surface area contributed by atoms with Crippen LogP contribution in [0.3, 0.4) is 0 Å². The first kappa shape index (κ1) is 20.2. The number of aliphatic hydroxyl groups is 1. The van der Waals surface area contributed by atoms with Crippen LogP contribution >= 0.6 is 0 Å². The van der Waals surface area contributed by atoms with Gasteiger partial charge in [0.1, 0.15) is 17.6 Å². The van der Waals surface area contributed by atoms with E-state index < -0.39 is 6.10 Å². The van der Waals surface area contributed by atoms with Crippen LogP contribution in [0.25, 0.3) is 28.1 Å². The van der Waals surface area contributed by atoms with Gasteiger partial charge in [0.2, 0.25) is 0 Å². The molecule has 0 radical (unpaired) electrons. The first-order chi connectivity index (χ1) is 14.9. The normalized spacial score (nSPS) is 12.3. The summed E-state index contributed by atoms with van der Waals surface area (Å²) in [6.45, 7) is 6.10. The number of pyridine rings is 2. The maximum absolute atomic E-state index is 9.58. The number of anilines is 2. The fraction of sp³-hybridized carbons (Fsp3) is 0.300. The zero-order chi connectivity index (χ0) is 22.1. The van der Waals surface area contributed by atoms with Crippen LogP contribution < -0.4 is 11.1 Å². The van der Waals surface area contributed by atoms with Gasteiger partial charge >= 0.3 is 0 Å². The molecule has 4 aromatic rings. The summed E-state index contributed by atoms with van der Waals surface area (Å²) >= 11 is 0. The summed E-state index contributed by atoms with van der Waals surface area (Å²) in [5.74, 6) is 0.679. The molecule has 0 aliphatic heterocycles. The topological polar surface area (TPSA) is 156 Å². The minimum atomic E-state index is -0.530. The fourth-order valence-corrected chi connectivity index (χ4v) is 3.21.